The second-order valence-corrected chi connectivity index (χ2v) is 5.14. The number of alkyl halides is 3. The van der Waals surface area contributed by atoms with Crippen LogP contribution in [0.25, 0.3) is 10.9 Å². The van der Waals surface area contributed by atoms with E-state index in [-0.39, 0.29) is 22.8 Å². The van der Waals surface area contributed by atoms with Crippen molar-refractivity contribution in [2.45, 2.75) is 30.4 Å². The lowest BCUT2D eigenvalue weighted by atomic mass is 10.2. The summed E-state index contributed by atoms with van der Waals surface area (Å²) in [6.45, 7) is 3.76. The van der Waals surface area contributed by atoms with Crippen LogP contribution < -0.4 is 0 Å². The van der Waals surface area contributed by atoms with Gasteiger partial charge in [-0.2, -0.15) is 13.2 Å². The minimum Gasteiger partial charge on any atom is -0.333 e. The molecule has 0 aliphatic heterocycles. The minimum atomic E-state index is -4.25. The molecule has 0 atom stereocenters. The summed E-state index contributed by atoms with van der Waals surface area (Å²) in [5.74, 6) is 0. The second-order valence-electron chi connectivity index (χ2n) is 4.05. The van der Waals surface area contributed by atoms with Crippen LogP contribution in [0.15, 0.2) is 35.4 Å². The van der Waals surface area contributed by atoms with Gasteiger partial charge in [0, 0.05) is 28.7 Å². The van der Waals surface area contributed by atoms with Gasteiger partial charge in [-0.3, -0.25) is 0 Å². The summed E-state index contributed by atoms with van der Waals surface area (Å²) in [5.41, 5.74) is -3.41. The third-order valence-corrected chi connectivity index (χ3v) is 3.20. The fourth-order valence-corrected chi connectivity index (χ4v) is 2.71. The predicted molar refractivity (Wildman–Crippen MR) is 64.2 cm³/mol. The van der Waals surface area contributed by atoms with Crippen molar-refractivity contribution < 1.29 is 13.2 Å². The van der Waals surface area contributed by atoms with Crippen molar-refractivity contribution in [3.8, 4) is 0 Å². The monoisotopic (exact) mass is 259 g/mol. The molecule has 0 saturated carbocycles. The van der Waals surface area contributed by atoms with Crippen LogP contribution >= 0.6 is 11.8 Å². The number of para-hydroxylation sites is 1. The first kappa shape index (κ1) is 12.4. The number of hydrogen-bond donors (Lipinski definition) is 0. The van der Waals surface area contributed by atoms with Crippen LogP contribution in [0.4, 0.5) is 13.2 Å². The van der Waals surface area contributed by atoms with Crippen molar-refractivity contribution in [1.29, 1.82) is 0 Å². The average Bonchev–Trinajstić information content (AvgIpc) is 2.51. The van der Waals surface area contributed by atoms with E-state index >= 15 is 0 Å². The number of halogens is 3. The molecular weight excluding hydrogens is 247 g/mol. The van der Waals surface area contributed by atoms with E-state index in [1.54, 1.807) is 10.6 Å². The maximum Gasteiger partial charge on any atom is 0.447 e. The van der Waals surface area contributed by atoms with E-state index in [9.17, 15) is 13.2 Å². The molecule has 1 heterocycles. The Morgan fingerprint density at radius 2 is 1.82 bits per heavy atom. The Labute approximate surface area is 102 Å². The first-order chi connectivity index (χ1) is 7.88. The highest BCUT2D eigenvalue weighted by molar-refractivity contribution is 8.00. The van der Waals surface area contributed by atoms with Gasteiger partial charge in [-0.1, -0.05) is 18.2 Å². The van der Waals surface area contributed by atoms with Gasteiger partial charge in [0.2, 0.25) is 0 Å². The standard InChI is InChI=1S/C12H12F3NS/c1-8(2)16-10-6-4-3-5-9(10)7-11(16)17-12(13,14)15/h3-8H,1-2H3. The molecule has 5 heteroatoms. The highest BCUT2D eigenvalue weighted by Crippen LogP contribution is 2.40. The van der Waals surface area contributed by atoms with Crippen molar-refractivity contribution in [3.05, 3.63) is 30.3 Å². The van der Waals surface area contributed by atoms with Gasteiger partial charge in [0.05, 0.1) is 5.03 Å². The Morgan fingerprint density at radius 3 is 2.41 bits per heavy atom. The summed E-state index contributed by atoms with van der Waals surface area (Å²) in [4.78, 5) is 0. The Morgan fingerprint density at radius 1 is 1.18 bits per heavy atom. The van der Waals surface area contributed by atoms with E-state index < -0.39 is 5.51 Å². The number of thioether (sulfide) groups is 1. The van der Waals surface area contributed by atoms with Gasteiger partial charge in [-0.15, -0.1) is 0 Å². The zero-order valence-corrected chi connectivity index (χ0v) is 10.3. The smallest absolute Gasteiger partial charge is 0.333 e. The fraction of sp³-hybridized carbons (Fsp3) is 0.333. The lowest BCUT2D eigenvalue weighted by molar-refractivity contribution is -0.0330. The van der Waals surface area contributed by atoms with Crippen LogP contribution in [0.1, 0.15) is 19.9 Å². The number of benzene rings is 1. The van der Waals surface area contributed by atoms with E-state index in [2.05, 4.69) is 0 Å². The van der Waals surface area contributed by atoms with Crippen molar-refractivity contribution in [3.63, 3.8) is 0 Å². The molecule has 2 aromatic rings. The summed E-state index contributed by atoms with van der Waals surface area (Å²) >= 11 is -0.0556. The second kappa shape index (κ2) is 4.29. The normalized spacial score (nSPS) is 12.6. The van der Waals surface area contributed by atoms with Crippen LogP contribution in [0.3, 0.4) is 0 Å². The van der Waals surface area contributed by atoms with E-state index in [0.717, 1.165) is 10.9 Å². The van der Waals surface area contributed by atoms with Gasteiger partial charge in [0.25, 0.3) is 0 Å². The molecule has 0 unspecified atom stereocenters. The summed E-state index contributed by atoms with van der Waals surface area (Å²) < 4.78 is 39.1. The SMILES string of the molecule is CC(C)n1c(SC(F)(F)F)cc2ccccc21. The first-order valence-electron chi connectivity index (χ1n) is 5.24. The summed E-state index contributed by atoms with van der Waals surface area (Å²) in [6, 6.07) is 8.93. The van der Waals surface area contributed by atoms with Crippen molar-refractivity contribution in [1.82, 2.24) is 4.57 Å². The van der Waals surface area contributed by atoms with Crippen molar-refractivity contribution >= 4 is 22.7 Å². The third-order valence-electron chi connectivity index (χ3n) is 2.45. The molecule has 0 amide bonds. The van der Waals surface area contributed by atoms with Gasteiger partial charge in [0.1, 0.15) is 0 Å². The predicted octanol–water partition coefficient (Wildman–Crippen LogP) is 4.83. The molecule has 17 heavy (non-hydrogen) atoms. The zero-order valence-electron chi connectivity index (χ0n) is 9.45. The number of fused-ring (bicyclic) bond motifs is 1. The fourth-order valence-electron chi connectivity index (χ4n) is 1.88. The maximum atomic E-state index is 12.5. The maximum absolute atomic E-state index is 12.5. The van der Waals surface area contributed by atoms with Gasteiger partial charge in [0.15, 0.2) is 0 Å². The number of aromatic nitrogens is 1. The van der Waals surface area contributed by atoms with E-state index in [1.807, 2.05) is 38.1 Å². The Bertz CT molecular complexity index is 528. The molecule has 0 N–H and O–H groups in total. The Balaban J connectivity index is 2.58. The van der Waals surface area contributed by atoms with Crippen LogP contribution in [-0.4, -0.2) is 10.1 Å². The highest BCUT2D eigenvalue weighted by atomic mass is 32.2. The van der Waals surface area contributed by atoms with E-state index in [1.165, 1.54) is 0 Å². The van der Waals surface area contributed by atoms with Gasteiger partial charge >= 0.3 is 5.51 Å². The number of hydrogen-bond acceptors (Lipinski definition) is 1. The van der Waals surface area contributed by atoms with Crippen molar-refractivity contribution in [2.75, 3.05) is 0 Å². The number of nitrogens with zero attached hydrogens (tertiary/aromatic N) is 1. The molecule has 92 valence electrons. The third kappa shape index (κ3) is 2.60. The molecule has 0 aliphatic carbocycles. The zero-order chi connectivity index (χ0) is 12.6. The Hall–Kier alpha value is -1.10. The van der Waals surface area contributed by atoms with Gasteiger partial charge < -0.3 is 4.57 Å². The largest absolute Gasteiger partial charge is 0.447 e. The van der Waals surface area contributed by atoms with Crippen LogP contribution in [0.5, 0.6) is 0 Å². The molecule has 0 bridgehead atoms. The number of rotatable bonds is 2. The molecular formula is C12H12F3NS. The highest BCUT2D eigenvalue weighted by Gasteiger charge is 2.31. The van der Waals surface area contributed by atoms with Crippen LogP contribution in [-0.2, 0) is 0 Å². The van der Waals surface area contributed by atoms with Crippen molar-refractivity contribution in [2.24, 2.45) is 0 Å². The molecule has 0 spiro atoms. The molecule has 0 aliphatic rings. The van der Waals surface area contributed by atoms with Crippen LogP contribution in [0, 0.1) is 0 Å². The molecule has 0 saturated heterocycles. The molecule has 1 nitrogen and oxygen atoms in total. The quantitative estimate of drug-likeness (QED) is 0.699. The lowest BCUT2D eigenvalue weighted by Crippen LogP contribution is -2.06. The van der Waals surface area contributed by atoms with E-state index in [0.29, 0.717) is 0 Å². The van der Waals surface area contributed by atoms with E-state index in [4.69, 9.17) is 0 Å². The molecule has 2 rings (SSSR count). The summed E-state index contributed by atoms with van der Waals surface area (Å²) in [7, 11) is 0. The molecule has 1 aromatic heterocycles. The van der Waals surface area contributed by atoms with Gasteiger partial charge in [-0.25, -0.2) is 0 Å². The lowest BCUT2D eigenvalue weighted by Gasteiger charge is -2.15. The van der Waals surface area contributed by atoms with Crippen LogP contribution in [0.2, 0.25) is 0 Å². The summed E-state index contributed by atoms with van der Waals surface area (Å²) in [6.07, 6.45) is 0. The summed E-state index contributed by atoms with van der Waals surface area (Å²) in [5, 5.41) is 1.08. The average molecular weight is 259 g/mol. The Kier molecular flexibility index (Phi) is 3.12. The van der Waals surface area contributed by atoms with Gasteiger partial charge in [-0.05, 0) is 26.0 Å². The molecule has 0 fully saturated rings. The topological polar surface area (TPSA) is 4.93 Å². The molecule has 1 aromatic carbocycles. The molecule has 0 radical (unpaired) electrons. The minimum absolute atomic E-state index is 0.000231. The first-order valence-corrected chi connectivity index (χ1v) is 6.06.